The Bertz CT molecular complexity index is 688. The number of amides is 1. The van der Waals surface area contributed by atoms with E-state index in [1.165, 1.54) is 0 Å². The molecule has 1 aromatic rings. The first kappa shape index (κ1) is 19.6. The van der Waals surface area contributed by atoms with Gasteiger partial charge in [0.15, 0.2) is 6.61 Å². The van der Waals surface area contributed by atoms with Gasteiger partial charge in [-0.2, -0.15) is 0 Å². The van der Waals surface area contributed by atoms with E-state index in [1.807, 2.05) is 0 Å². The Morgan fingerprint density at radius 2 is 2.04 bits per heavy atom. The number of carbonyl (C=O) groups is 2. The van der Waals surface area contributed by atoms with Crippen LogP contribution >= 0.6 is 23.2 Å². The summed E-state index contributed by atoms with van der Waals surface area (Å²) >= 11 is 11.8. The van der Waals surface area contributed by atoms with E-state index >= 15 is 0 Å². The fraction of sp³-hybridized carbons (Fsp3) is 0.474. The summed E-state index contributed by atoms with van der Waals surface area (Å²) in [5.41, 5.74) is 0.624. The Labute approximate surface area is 158 Å². The molecule has 0 saturated heterocycles. The molecule has 1 fully saturated rings. The van der Waals surface area contributed by atoms with Gasteiger partial charge in [-0.3, -0.25) is 9.59 Å². The number of nitrogens with one attached hydrogen (secondary N) is 1. The SMILES string of the molecule is C[C@H](CC(=O)OCC#Cc1ccc(Cl)cc1Cl)NC(=O)C1CCCC1. The summed E-state index contributed by atoms with van der Waals surface area (Å²) in [5, 5.41) is 3.87. The molecule has 0 unspecified atom stereocenters. The zero-order chi connectivity index (χ0) is 18.2. The maximum atomic E-state index is 12.0. The minimum atomic E-state index is -0.393. The van der Waals surface area contributed by atoms with Crippen LogP contribution in [0.4, 0.5) is 0 Å². The van der Waals surface area contributed by atoms with E-state index in [-0.39, 0.29) is 30.9 Å². The lowest BCUT2D eigenvalue weighted by Gasteiger charge is -2.16. The number of carbonyl (C=O) groups excluding carboxylic acids is 2. The van der Waals surface area contributed by atoms with Crippen LogP contribution in [0.25, 0.3) is 0 Å². The van der Waals surface area contributed by atoms with Gasteiger partial charge in [0.1, 0.15) is 0 Å². The molecule has 4 nitrogen and oxygen atoms in total. The lowest BCUT2D eigenvalue weighted by Crippen LogP contribution is -2.37. The molecule has 1 N–H and O–H groups in total. The molecule has 1 aromatic carbocycles. The minimum absolute atomic E-state index is 0.0267. The van der Waals surface area contributed by atoms with Crippen molar-refractivity contribution in [2.45, 2.75) is 45.1 Å². The van der Waals surface area contributed by atoms with Crippen molar-refractivity contribution in [3.63, 3.8) is 0 Å². The molecular weight excluding hydrogens is 361 g/mol. The van der Waals surface area contributed by atoms with Gasteiger partial charge < -0.3 is 10.1 Å². The Morgan fingerprint density at radius 1 is 1.32 bits per heavy atom. The Morgan fingerprint density at radius 3 is 2.72 bits per heavy atom. The van der Waals surface area contributed by atoms with E-state index in [9.17, 15) is 9.59 Å². The van der Waals surface area contributed by atoms with Crippen molar-refractivity contribution >= 4 is 35.1 Å². The third kappa shape index (κ3) is 6.61. The molecule has 1 aliphatic carbocycles. The number of rotatable bonds is 5. The van der Waals surface area contributed by atoms with Crippen molar-refractivity contribution in [2.75, 3.05) is 6.61 Å². The molecule has 0 radical (unpaired) electrons. The highest BCUT2D eigenvalue weighted by Gasteiger charge is 2.24. The van der Waals surface area contributed by atoms with Crippen LogP contribution in [0.5, 0.6) is 0 Å². The molecule has 134 valence electrons. The van der Waals surface area contributed by atoms with Gasteiger partial charge in [-0.25, -0.2) is 0 Å². The van der Waals surface area contributed by atoms with Crippen molar-refractivity contribution in [1.82, 2.24) is 5.32 Å². The van der Waals surface area contributed by atoms with Gasteiger partial charge in [-0.05, 0) is 38.0 Å². The second-order valence-electron chi connectivity index (χ2n) is 6.18. The van der Waals surface area contributed by atoms with Crippen molar-refractivity contribution < 1.29 is 14.3 Å². The van der Waals surface area contributed by atoms with Crippen molar-refractivity contribution in [3.05, 3.63) is 33.8 Å². The average molecular weight is 382 g/mol. The molecule has 0 heterocycles. The summed E-state index contributed by atoms with van der Waals surface area (Å²) in [5.74, 6) is 5.31. The first-order valence-corrected chi connectivity index (χ1v) is 9.11. The number of halogens is 2. The van der Waals surface area contributed by atoms with Crippen LogP contribution < -0.4 is 5.32 Å². The standard InChI is InChI=1S/C19H21Cl2NO3/c1-13(22-19(24)15-5-2-3-6-15)11-18(23)25-10-4-7-14-8-9-16(20)12-17(14)21/h8-9,12-13,15H,2-3,5-6,10-11H2,1H3,(H,22,24)/t13-/m1/s1. The number of esters is 1. The molecular formula is C19H21Cl2NO3. The zero-order valence-electron chi connectivity index (χ0n) is 14.1. The Balaban J connectivity index is 1.71. The van der Waals surface area contributed by atoms with Crippen LogP contribution in [0, 0.1) is 17.8 Å². The highest BCUT2D eigenvalue weighted by molar-refractivity contribution is 6.35. The summed E-state index contributed by atoms with van der Waals surface area (Å²) in [4.78, 5) is 23.8. The van der Waals surface area contributed by atoms with Crippen LogP contribution in [-0.4, -0.2) is 24.5 Å². The van der Waals surface area contributed by atoms with Gasteiger partial charge in [-0.1, -0.05) is 47.9 Å². The van der Waals surface area contributed by atoms with E-state index in [4.69, 9.17) is 27.9 Å². The van der Waals surface area contributed by atoms with E-state index in [1.54, 1.807) is 25.1 Å². The molecule has 1 atom stereocenters. The molecule has 1 amide bonds. The Hall–Kier alpha value is -1.70. The number of ether oxygens (including phenoxy) is 1. The lowest BCUT2D eigenvalue weighted by molar-refractivity contribution is -0.142. The van der Waals surface area contributed by atoms with Crippen LogP contribution in [0.15, 0.2) is 18.2 Å². The first-order valence-electron chi connectivity index (χ1n) is 8.35. The van der Waals surface area contributed by atoms with Gasteiger partial charge >= 0.3 is 5.97 Å². The van der Waals surface area contributed by atoms with Gasteiger partial charge in [0, 0.05) is 22.5 Å². The van der Waals surface area contributed by atoms with E-state index in [2.05, 4.69) is 17.2 Å². The molecule has 2 rings (SSSR count). The summed E-state index contributed by atoms with van der Waals surface area (Å²) in [6.45, 7) is 1.77. The highest BCUT2D eigenvalue weighted by atomic mass is 35.5. The topological polar surface area (TPSA) is 55.4 Å². The molecule has 0 spiro atoms. The number of hydrogen-bond donors (Lipinski definition) is 1. The molecule has 0 aliphatic heterocycles. The summed E-state index contributed by atoms with van der Waals surface area (Å²) in [6, 6.07) is 4.76. The van der Waals surface area contributed by atoms with Crippen molar-refractivity contribution in [1.29, 1.82) is 0 Å². The van der Waals surface area contributed by atoms with Crippen LogP contribution in [0.3, 0.4) is 0 Å². The zero-order valence-corrected chi connectivity index (χ0v) is 15.6. The fourth-order valence-corrected chi connectivity index (χ4v) is 3.20. The second-order valence-corrected chi connectivity index (χ2v) is 7.03. The van der Waals surface area contributed by atoms with Gasteiger partial charge in [-0.15, -0.1) is 0 Å². The highest BCUT2D eigenvalue weighted by Crippen LogP contribution is 2.24. The van der Waals surface area contributed by atoms with Crippen molar-refractivity contribution in [3.8, 4) is 11.8 Å². The van der Waals surface area contributed by atoms with Crippen LogP contribution in [0.1, 0.15) is 44.6 Å². The van der Waals surface area contributed by atoms with Gasteiger partial charge in [0.2, 0.25) is 5.91 Å². The quantitative estimate of drug-likeness (QED) is 0.619. The summed E-state index contributed by atoms with van der Waals surface area (Å²) in [6.07, 6.45) is 4.20. The first-order chi connectivity index (χ1) is 12.0. The smallest absolute Gasteiger partial charge is 0.308 e. The van der Waals surface area contributed by atoms with Gasteiger partial charge in [0.05, 0.1) is 11.4 Å². The van der Waals surface area contributed by atoms with E-state index < -0.39 is 5.97 Å². The molecule has 1 aliphatic rings. The lowest BCUT2D eigenvalue weighted by atomic mass is 10.1. The van der Waals surface area contributed by atoms with Crippen LogP contribution in [0.2, 0.25) is 10.0 Å². The summed E-state index contributed by atoms with van der Waals surface area (Å²) in [7, 11) is 0. The molecule has 1 saturated carbocycles. The van der Waals surface area contributed by atoms with Gasteiger partial charge in [0.25, 0.3) is 0 Å². The third-order valence-electron chi connectivity index (χ3n) is 4.05. The molecule has 25 heavy (non-hydrogen) atoms. The fourth-order valence-electron chi connectivity index (χ4n) is 2.75. The van der Waals surface area contributed by atoms with E-state index in [0.717, 1.165) is 25.7 Å². The Kier molecular flexibility index (Phi) is 7.61. The van der Waals surface area contributed by atoms with Crippen molar-refractivity contribution in [2.24, 2.45) is 5.92 Å². The predicted octanol–water partition coefficient (Wildman–Crippen LogP) is 3.97. The molecule has 6 heteroatoms. The second kappa shape index (κ2) is 9.70. The van der Waals surface area contributed by atoms with Crippen LogP contribution in [-0.2, 0) is 14.3 Å². The number of benzene rings is 1. The minimum Gasteiger partial charge on any atom is -0.452 e. The average Bonchev–Trinajstić information content (AvgIpc) is 3.07. The maximum Gasteiger partial charge on any atom is 0.308 e. The maximum absolute atomic E-state index is 12.0. The normalized spacial score (nSPS) is 15.2. The largest absolute Gasteiger partial charge is 0.452 e. The number of hydrogen-bond acceptors (Lipinski definition) is 3. The molecule has 0 aromatic heterocycles. The summed E-state index contributed by atoms with van der Waals surface area (Å²) < 4.78 is 5.07. The predicted molar refractivity (Wildman–Crippen MR) is 98.5 cm³/mol. The molecule has 0 bridgehead atoms. The van der Waals surface area contributed by atoms with E-state index in [0.29, 0.717) is 15.6 Å². The third-order valence-corrected chi connectivity index (χ3v) is 4.59. The monoisotopic (exact) mass is 381 g/mol.